The van der Waals surface area contributed by atoms with Crippen molar-refractivity contribution in [1.29, 1.82) is 0 Å². The third-order valence-electron chi connectivity index (χ3n) is 3.34. The number of hydrogen-bond donors (Lipinski definition) is 2. The highest BCUT2D eigenvalue weighted by Crippen LogP contribution is 2.30. The number of rotatable bonds is 3. The van der Waals surface area contributed by atoms with Crippen LogP contribution in [-0.2, 0) is 13.0 Å². The fraction of sp³-hybridized carbons (Fsp3) is 0.286. The first-order chi connectivity index (χ1) is 9.52. The molecule has 1 unspecified atom stereocenters. The van der Waals surface area contributed by atoms with Gasteiger partial charge in [-0.05, 0) is 18.6 Å². The van der Waals surface area contributed by atoms with Gasteiger partial charge in [0.15, 0.2) is 5.69 Å². The van der Waals surface area contributed by atoms with Crippen LogP contribution in [0.3, 0.4) is 0 Å². The Bertz CT molecular complexity index is 678. The first-order valence-electron chi connectivity index (χ1n) is 6.35. The molecule has 0 saturated carbocycles. The molecule has 2 aromatic rings. The Morgan fingerprint density at radius 2 is 2.40 bits per heavy atom. The average Bonchev–Trinajstić information content (AvgIpc) is 2.92. The Kier molecular flexibility index (Phi) is 2.85. The number of carbonyl (C=O) groups is 1. The molecular weight excluding hydrogens is 258 g/mol. The Morgan fingerprint density at radius 1 is 1.60 bits per heavy atom. The smallest absolute Gasteiger partial charge is 0.358 e. The number of aromatic nitrogens is 2. The predicted molar refractivity (Wildman–Crippen MR) is 72.9 cm³/mol. The molecule has 2 heterocycles. The molecule has 104 valence electrons. The van der Waals surface area contributed by atoms with Crippen molar-refractivity contribution >= 4 is 11.7 Å². The number of nitrogens with two attached hydrogens (primary N) is 1. The van der Waals surface area contributed by atoms with Gasteiger partial charge in [-0.3, -0.25) is 4.68 Å². The molecule has 1 aromatic heterocycles. The van der Waals surface area contributed by atoms with Crippen LogP contribution in [0.5, 0.6) is 5.75 Å². The van der Waals surface area contributed by atoms with Crippen molar-refractivity contribution in [2.45, 2.75) is 26.0 Å². The lowest BCUT2D eigenvalue weighted by Crippen LogP contribution is -2.21. The number of carboxylic acids is 1. The van der Waals surface area contributed by atoms with Crippen LogP contribution < -0.4 is 10.5 Å². The van der Waals surface area contributed by atoms with E-state index in [1.165, 1.54) is 22.0 Å². The second-order valence-electron chi connectivity index (χ2n) is 5.02. The average molecular weight is 273 g/mol. The number of carboxylic acid groups (broad SMARTS) is 1. The quantitative estimate of drug-likeness (QED) is 0.883. The van der Waals surface area contributed by atoms with Crippen molar-refractivity contribution in [1.82, 2.24) is 9.78 Å². The fourth-order valence-corrected chi connectivity index (χ4v) is 2.46. The van der Waals surface area contributed by atoms with E-state index in [4.69, 9.17) is 15.6 Å². The normalized spacial score (nSPS) is 16.8. The van der Waals surface area contributed by atoms with Gasteiger partial charge in [-0.25, -0.2) is 4.79 Å². The van der Waals surface area contributed by atoms with E-state index in [1.54, 1.807) is 0 Å². The van der Waals surface area contributed by atoms with E-state index in [0.717, 1.165) is 12.2 Å². The molecule has 0 bridgehead atoms. The van der Waals surface area contributed by atoms with Crippen LogP contribution in [0.1, 0.15) is 21.6 Å². The van der Waals surface area contributed by atoms with Crippen molar-refractivity contribution in [3.05, 3.63) is 41.2 Å². The van der Waals surface area contributed by atoms with E-state index in [9.17, 15) is 4.79 Å². The summed E-state index contributed by atoms with van der Waals surface area (Å²) < 4.78 is 7.36. The van der Waals surface area contributed by atoms with E-state index >= 15 is 0 Å². The number of nitrogen functional groups attached to an aromatic ring is 1. The van der Waals surface area contributed by atoms with Crippen LogP contribution in [0.15, 0.2) is 24.4 Å². The molecular formula is C14H15N3O3. The van der Waals surface area contributed by atoms with E-state index in [0.29, 0.717) is 6.54 Å². The van der Waals surface area contributed by atoms with Crippen LogP contribution in [0.2, 0.25) is 0 Å². The molecule has 0 fully saturated rings. The fourth-order valence-electron chi connectivity index (χ4n) is 2.46. The predicted octanol–water partition coefficient (Wildman–Crippen LogP) is 1.48. The maximum absolute atomic E-state index is 10.9. The lowest BCUT2D eigenvalue weighted by atomic mass is 10.1. The standard InChI is InChI=1S/C14H15N3O3/c1-8-2-3-12-9(4-8)5-10(20-12)6-17-7-11(15)13(16-17)14(18)19/h2-4,7,10H,5-6,15H2,1H3,(H,18,19). The molecule has 3 N–H and O–H groups in total. The summed E-state index contributed by atoms with van der Waals surface area (Å²) in [6.07, 6.45) is 2.27. The molecule has 1 aliphatic rings. The molecule has 20 heavy (non-hydrogen) atoms. The van der Waals surface area contributed by atoms with E-state index in [-0.39, 0.29) is 17.5 Å². The largest absolute Gasteiger partial charge is 0.488 e. The van der Waals surface area contributed by atoms with Crippen molar-refractivity contribution < 1.29 is 14.6 Å². The number of hydrogen-bond acceptors (Lipinski definition) is 4. The van der Waals surface area contributed by atoms with Crippen LogP contribution >= 0.6 is 0 Å². The highest BCUT2D eigenvalue weighted by atomic mass is 16.5. The monoisotopic (exact) mass is 273 g/mol. The van der Waals surface area contributed by atoms with Crippen molar-refractivity contribution in [2.24, 2.45) is 0 Å². The summed E-state index contributed by atoms with van der Waals surface area (Å²) in [6, 6.07) is 6.08. The molecule has 1 aliphatic heterocycles. The number of anilines is 1. The second-order valence-corrected chi connectivity index (χ2v) is 5.02. The van der Waals surface area contributed by atoms with Gasteiger partial charge in [0.05, 0.1) is 12.2 Å². The van der Waals surface area contributed by atoms with Gasteiger partial charge in [0.25, 0.3) is 0 Å². The lowest BCUT2D eigenvalue weighted by molar-refractivity contribution is 0.0689. The third-order valence-corrected chi connectivity index (χ3v) is 3.34. The molecule has 0 spiro atoms. The summed E-state index contributed by atoms with van der Waals surface area (Å²) in [5.41, 5.74) is 8.04. The molecule has 6 nitrogen and oxygen atoms in total. The summed E-state index contributed by atoms with van der Waals surface area (Å²) in [5.74, 6) is -0.230. The van der Waals surface area contributed by atoms with Crippen LogP contribution in [0.25, 0.3) is 0 Å². The summed E-state index contributed by atoms with van der Waals surface area (Å²) >= 11 is 0. The van der Waals surface area contributed by atoms with E-state index in [2.05, 4.69) is 11.2 Å². The minimum atomic E-state index is -1.12. The van der Waals surface area contributed by atoms with Crippen LogP contribution in [0.4, 0.5) is 5.69 Å². The summed E-state index contributed by atoms with van der Waals surface area (Å²) in [4.78, 5) is 10.9. The summed E-state index contributed by atoms with van der Waals surface area (Å²) in [5, 5.41) is 12.9. The van der Waals surface area contributed by atoms with Gasteiger partial charge in [-0.2, -0.15) is 5.10 Å². The topological polar surface area (TPSA) is 90.4 Å². The number of ether oxygens (including phenoxy) is 1. The van der Waals surface area contributed by atoms with Gasteiger partial charge < -0.3 is 15.6 Å². The SMILES string of the molecule is Cc1ccc2c(c1)CC(Cn1cc(N)c(C(=O)O)n1)O2. The second kappa shape index (κ2) is 4.56. The molecule has 0 saturated heterocycles. The maximum atomic E-state index is 10.9. The molecule has 1 aromatic carbocycles. The first kappa shape index (κ1) is 12.5. The Labute approximate surface area is 115 Å². The molecule has 3 rings (SSSR count). The van der Waals surface area contributed by atoms with Crippen LogP contribution in [0, 0.1) is 6.92 Å². The van der Waals surface area contributed by atoms with Gasteiger partial charge in [0.2, 0.25) is 0 Å². The molecule has 1 atom stereocenters. The maximum Gasteiger partial charge on any atom is 0.358 e. The van der Waals surface area contributed by atoms with Gasteiger partial charge >= 0.3 is 5.97 Å². The third kappa shape index (κ3) is 2.20. The summed E-state index contributed by atoms with van der Waals surface area (Å²) in [6.45, 7) is 2.52. The number of benzene rings is 1. The van der Waals surface area contributed by atoms with Gasteiger partial charge in [0, 0.05) is 12.6 Å². The molecule has 0 aliphatic carbocycles. The molecule has 0 radical (unpaired) electrons. The van der Waals surface area contributed by atoms with Gasteiger partial charge in [-0.1, -0.05) is 17.7 Å². The minimum absolute atomic E-state index is 0.0484. The first-order valence-corrected chi connectivity index (χ1v) is 6.35. The Hall–Kier alpha value is -2.50. The zero-order valence-electron chi connectivity index (χ0n) is 11.0. The minimum Gasteiger partial charge on any atom is -0.488 e. The molecule has 6 heteroatoms. The zero-order valence-corrected chi connectivity index (χ0v) is 11.0. The molecule has 0 amide bonds. The number of aromatic carboxylic acids is 1. The summed E-state index contributed by atoms with van der Waals surface area (Å²) in [7, 11) is 0. The van der Waals surface area contributed by atoms with Gasteiger partial charge in [0.1, 0.15) is 11.9 Å². The van der Waals surface area contributed by atoms with Gasteiger partial charge in [-0.15, -0.1) is 0 Å². The Morgan fingerprint density at radius 3 is 3.10 bits per heavy atom. The lowest BCUT2D eigenvalue weighted by Gasteiger charge is -2.10. The number of fused-ring (bicyclic) bond motifs is 1. The van der Waals surface area contributed by atoms with Crippen molar-refractivity contribution in [3.8, 4) is 5.75 Å². The van der Waals surface area contributed by atoms with E-state index < -0.39 is 5.97 Å². The van der Waals surface area contributed by atoms with E-state index in [1.807, 2.05) is 19.1 Å². The van der Waals surface area contributed by atoms with Crippen molar-refractivity contribution in [2.75, 3.05) is 5.73 Å². The zero-order chi connectivity index (χ0) is 14.3. The highest BCUT2D eigenvalue weighted by Gasteiger charge is 2.24. The highest BCUT2D eigenvalue weighted by molar-refractivity contribution is 5.91. The van der Waals surface area contributed by atoms with Crippen molar-refractivity contribution in [3.63, 3.8) is 0 Å². The Balaban J connectivity index is 1.75. The van der Waals surface area contributed by atoms with Crippen LogP contribution in [-0.4, -0.2) is 27.0 Å². The number of nitrogens with zero attached hydrogens (tertiary/aromatic N) is 2. The number of aryl methyl sites for hydroxylation is 1.